The van der Waals surface area contributed by atoms with Crippen LogP contribution >= 0.6 is 0 Å². The first-order valence-electron chi connectivity index (χ1n) is 25.8. The molecule has 8 aromatic carbocycles. The summed E-state index contributed by atoms with van der Waals surface area (Å²) >= 11 is 0. The predicted molar refractivity (Wildman–Crippen MR) is 261 cm³/mol. The molecule has 0 saturated heterocycles. The summed E-state index contributed by atoms with van der Waals surface area (Å²) in [5, 5.41) is 1.91. The summed E-state index contributed by atoms with van der Waals surface area (Å²) in [4.78, 5) is 8.66. The molecule has 0 atom stereocenters. The van der Waals surface area contributed by atoms with Gasteiger partial charge in [-0.15, -0.1) is 29.7 Å². The summed E-state index contributed by atoms with van der Waals surface area (Å²) < 4.78 is 99.1. The van der Waals surface area contributed by atoms with Crippen LogP contribution in [0.5, 0.6) is 11.5 Å². The average molecular weight is 1040 g/mol. The maximum atomic E-state index is 9.04. The van der Waals surface area contributed by atoms with E-state index in [0.29, 0.717) is 33.8 Å². The summed E-state index contributed by atoms with van der Waals surface area (Å²) in [6.07, 6.45) is 5.17. The predicted octanol–water partition coefficient (Wildman–Crippen LogP) is 14.4. The quantitative estimate of drug-likeness (QED) is 0.112. The van der Waals surface area contributed by atoms with Gasteiger partial charge in [0.1, 0.15) is 5.82 Å². The van der Waals surface area contributed by atoms with Crippen molar-refractivity contribution in [2.75, 3.05) is 0 Å². The van der Waals surface area contributed by atoms with Crippen LogP contribution < -0.4 is 9.30 Å². The minimum Gasteiger partial charge on any atom is -0.511 e. The Morgan fingerprint density at radius 3 is 2.08 bits per heavy atom. The number of pyridine rings is 1. The van der Waals surface area contributed by atoms with E-state index in [4.69, 9.17) is 30.0 Å². The van der Waals surface area contributed by atoms with Crippen molar-refractivity contribution < 1.29 is 44.1 Å². The van der Waals surface area contributed by atoms with Crippen LogP contribution in [0.25, 0.3) is 88.3 Å². The van der Waals surface area contributed by atoms with Gasteiger partial charge < -0.3 is 13.9 Å². The molecule has 0 bridgehead atoms. The van der Waals surface area contributed by atoms with Crippen LogP contribution in [0, 0.1) is 25.0 Å². The molecule has 7 heteroatoms. The van der Waals surface area contributed by atoms with E-state index in [0.717, 1.165) is 33.0 Å². The number of hydrogen-bond acceptors (Lipinski definition) is 2. The van der Waals surface area contributed by atoms with Crippen LogP contribution in [-0.2, 0) is 26.5 Å². The van der Waals surface area contributed by atoms with Gasteiger partial charge in [0.25, 0.3) is 6.33 Å². The summed E-state index contributed by atoms with van der Waals surface area (Å²) in [5.41, 5.74) is 6.15. The Hall–Kier alpha value is -7.84. The Bertz CT molecular complexity index is 4090. The van der Waals surface area contributed by atoms with Crippen molar-refractivity contribution in [2.24, 2.45) is 0 Å². The molecule has 11 rings (SSSR count). The van der Waals surface area contributed by atoms with E-state index in [9.17, 15) is 0 Å². The molecule has 0 aliphatic rings. The molecule has 0 unspecified atom stereocenters. The first-order chi connectivity index (χ1) is 35.9. The number of para-hydroxylation sites is 3. The molecular formula is C59H41N5OPt-2. The fourth-order valence-corrected chi connectivity index (χ4v) is 8.27. The molecule has 320 valence electrons. The summed E-state index contributed by atoms with van der Waals surface area (Å²) in [5.74, 6) is 1.21. The Morgan fingerprint density at radius 2 is 1.36 bits per heavy atom. The number of rotatable bonds is 8. The van der Waals surface area contributed by atoms with Crippen LogP contribution in [0.4, 0.5) is 5.69 Å². The molecule has 66 heavy (non-hydrogen) atoms. The van der Waals surface area contributed by atoms with Gasteiger partial charge in [0.2, 0.25) is 0 Å². The number of nitrogens with zero attached hydrogens (tertiary/aromatic N) is 5. The Balaban J connectivity index is 0.00000657. The number of hydrogen-bond donors (Lipinski definition) is 0. The van der Waals surface area contributed by atoms with Gasteiger partial charge in [-0.05, 0) is 73.7 Å². The fourth-order valence-electron chi connectivity index (χ4n) is 8.27. The minimum absolute atomic E-state index is 0. The van der Waals surface area contributed by atoms with Gasteiger partial charge in [0, 0.05) is 38.5 Å². The number of aromatic nitrogens is 4. The smallest absolute Gasteiger partial charge is 0.268 e. The summed E-state index contributed by atoms with van der Waals surface area (Å²) in [7, 11) is 0. The first-order valence-corrected chi connectivity index (χ1v) is 20.8. The molecule has 11 aromatic rings. The number of ether oxygens (including phenoxy) is 1. The molecule has 3 heterocycles. The van der Waals surface area contributed by atoms with Gasteiger partial charge in [-0.2, -0.15) is 12.1 Å². The van der Waals surface area contributed by atoms with Crippen LogP contribution in [0.15, 0.2) is 194 Å². The molecule has 0 fully saturated rings. The van der Waals surface area contributed by atoms with E-state index >= 15 is 0 Å². The monoisotopic (exact) mass is 1040 g/mol. The van der Waals surface area contributed by atoms with Gasteiger partial charge in [0.05, 0.1) is 42.7 Å². The second-order valence-electron chi connectivity index (χ2n) is 16.4. The van der Waals surface area contributed by atoms with Gasteiger partial charge in [-0.25, -0.2) is 4.98 Å². The van der Waals surface area contributed by atoms with Gasteiger partial charge >= 0.3 is 0 Å². The van der Waals surface area contributed by atoms with Gasteiger partial charge in [-0.1, -0.05) is 177 Å². The van der Waals surface area contributed by atoms with Crippen LogP contribution in [0.1, 0.15) is 40.0 Å². The molecule has 0 aliphatic carbocycles. The van der Waals surface area contributed by atoms with Crippen LogP contribution in [0.2, 0.25) is 0 Å². The van der Waals surface area contributed by atoms with Crippen molar-refractivity contribution in [3.8, 4) is 62.1 Å². The van der Waals surface area contributed by atoms with Gasteiger partial charge in [-0.3, -0.25) is 9.41 Å². The number of imidazole rings is 1. The van der Waals surface area contributed by atoms with E-state index in [-0.39, 0.29) is 65.9 Å². The zero-order valence-corrected chi connectivity index (χ0v) is 37.9. The van der Waals surface area contributed by atoms with Crippen molar-refractivity contribution in [3.63, 3.8) is 0 Å². The van der Waals surface area contributed by atoms with Crippen molar-refractivity contribution in [2.45, 2.75) is 26.2 Å². The third kappa shape index (κ3) is 7.68. The second-order valence-corrected chi connectivity index (χ2v) is 16.4. The molecule has 0 N–H and O–H groups in total. The summed E-state index contributed by atoms with van der Waals surface area (Å²) in [6, 6.07) is 40.7. The zero-order chi connectivity index (χ0) is 52.8. The Kier molecular flexibility index (Phi) is 8.35. The third-order valence-electron chi connectivity index (χ3n) is 11.4. The minimum atomic E-state index is -0.596. The maximum Gasteiger partial charge on any atom is 0.268 e. The van der Waals surface area contributed by atoms with E-state index in [1.54, 1.807) is 63.7 Å². The third-order valence-corrected chi connectivity index (χ3v) is 11.4. The van der Waals surface area contributed by atoms with Crippen LogP contribution in [-0.4, -0.2) is 14.1 Å². The van der Waals surface area contributed by atoms with Crippen molar-refractivity contribution in [3.05, 3.63) is 229 Å². The molecule has 0 amide bonds. The van der Waals surface area contributed by atoms with Gasteiger partial charge in [0.15, 0.2) is 0 Å². The normalized spacial score (nSPS) is 13.5. The van der Waals surface area contributed by atoms with Crippen molar-refractivity contribution in [1.82, 2.24) is 14.1 Å². The first kappa shape index (κ1) is 31.9. The Morgan fingerprint density at radius 1 is 0.652 bits per heavy atom. The largest absolute Gasteiger partial charge is 0.511 e. The number of benzene rings is 8. The van der Waals surface area contributed by atoms with Crippen molar-refractivity contribution in [1.29, 1.82) is 0 Å². The number of fused-ring (bicyclic) bond motifs is 4. The van der Waals surface area contributed by atoms with E-state index in [1.807, 2.05) is 42.6 Å². The SMILES string of the molecule is [2H]c1c([2H])c([2H])c(-c2cccc(-c3c([2H])c([2H])c([2H])c([2H])c3[2H])c2-[n+]2[c-]n(-c3[c-]c(Oc4[c-]c5c(cc4)c4cc(-c6ccccc6)ccc4n5-c4cc(C(C)(C)C)ccn4)cc([N+]#[C-])c3)c3ccccc32)c([2H])c1[2H].[Pt]. The molecule has 0 radical (unpaired) electrons. The van der Waals surface area contributed by atoms with Crippen LogP contribution in [0.3, 0.4) is 0 Å². The van der Waals surface area contributed by atoms with E-state index in [2.05, 4.69) is 85.0 Å². The maximum absolute atomic E-state index is 9.04. The fraction of sp³-hybridized carbons (Fsp3) is 0.0678. The summed E-state index contributed by atoms with van der Waals surface area (Å²) in [6.45, 7) is 14.7. The topological polar surface area (TPSA) is 40.2 Å². The molecule has 0 spiro atoms. The molecule has 0 saturated carbocycles. The standard InChI is InChI=1S/C59H41N5O.Pt/c1-59(2,3)44-31-32-61-57(34-44)64-53-30-27-43(40-17-8-5-9-18-40)33-52(53)51-29-28-47(38-56(51)64)65-48-36-45(60-4)35-46(37-48)62-39-63(55-26-15-14-25-54(55)62)58-49(41-19-10-6-11-20-41)23-16-24-50(58)42-21-12-7-13-22-42;/h5-36H,1-3H3;/q-2;/i6D,7D,10D,11D,12D,13D,19D,20D,21D,22D;. The Labute approximate surface area is 412 Å². The zero-order valence-electron chi connectivity index (χ0n) is 45.7. The van der Waals surface area contributed by atoms with E-state index < -0.39 is 60.4 Å². The molecule has 3 aromatic heterocycles. The van der Waals surface area contributed by atoms with E-state index in [1.165, 1.54) is 0 Å². The molecular weight excluding hydrogens is 990 g/mol. The second kappa shape index (κ2) is 17.3. The molecule has 6 nitrogen and oxygen atoms in total. The molecule has 0 aliphatic heterocycles. The average Bonchev–Trinajstić information content (AvgIpc) is 4.11. The van der Waals surface area contributed by atoms with Crippen molar-refractivity contribution >= 4 is 38.5 Å².